The summed E-state index contributed by atoms with van der Waals surface area (Å²) in [6.45, 7) is 3.02. The van der Waals surface area contributed by atoms with Gasteiger partial charge < -0.3 is 25.3 Å². The third kappa shape index (κ3) is 4.71. The highest BCUT2D eigenvalue weighted by Gasteiger charge is 2.13. The van der Waals surface area contributed by atoms with Gasteiger partial charge in [0, 0.05) is 13.7 Å². The molecule has 0 aromatic heterocycles. The van der Waals surface area contributed by atoms with Crippen molar-refractivity contribution >= 4 is 5.91 Å². The number of methoxy groups -OCH3 is 2. The second kappa shape index (κ2) is 8.39. The third-order valence-corrected chi connectivity index (χ3v) is 2.68. The fourth-order valence-electron chi connectivity index (χ4n) is 1.67. The van der Waals surface area contributed by atoms with Crippen LogP contribution in [0.5, 0.6) is 11.5 Å². The normalized spacial score (nSPS) is 11.8. The van der Waals surface area contributed by atoms with Crippen molar-refractivity contribution in [1.29, 1.82) is 0 Å². The Kier molecular flexibility index (Phi) is 6.83. The van der Waals surface area contributed by atoms with Crippen LogP contribution in [0.3, 0.4) is 0 Å². The van der Waals surface area contributed by atoms with Crippen LogP contribution in [0.1, 0.15) is 12.5 Å². The maximum atomic E-state index is 11.7. The van der Waals surface area contributed by atoms with Crippen molar-refractivity contribution in [3.8, 4) is 11.5 Å². The fraction of sp³-hybridized carbons (Fsp3) is 0.500. The molecular formula is C14H22N2O4. The van der Waals surface area contributed by atoms with E-state index in [1.807, 2.05) is 25.1 Å². The zero-order valence-corrected chi connectivity index (χ0v) is 12.1. The molecule has 1 rings (SSSR count). The van der Waals surface area contributed by atoms with Gasteiger partial charge in [0.25, 0.3) is 0 Å². The molecule has 20 heavy (non-hydrogen) atoms. The van der Waals surface area contributed by atoms with Crippen molar-refractivity contribution in [3.63, 3.8) is 0 Å². The zero-order chi connectivity index (χ0) is 15.0. The number of hydrogen-bond donors (Lipinski definition) is 2. The molecule has 0 aliphatic rings. The predicted octanol–water partition coefficient (Wildman–Crippen LogP) is 0.684. The Morgan fingerprint density at radius 3 is 2.70 bits per heavy atom. The summed E-state index contributed by atoms with van der Waals surface area (Å²) in [4.78, 5) is 11.7. The third-order valence-electron chi connectivity index (χ3n) is 2.68. The van der Waals surface area contributed by atoms with Crippen LogP contribution in [-0.4, -0.2) is 39.4 Å². The minimum absolute atomic E-state index is 0.193. The van der Waals surface area contributed by atoms with Crippen molar-refractivity contribution in [2.24, 2.45) is 5.73 Å². The molecule has 0 saturated carbocycles. The Hall–Kier alpha value is -1.79. The van der Waals surface area contributed by atoms with E-state index in [9.17, 15) is 4.79 Å². The van der Waals surface area contributed by atoms with Gasteiger partial charge >= 0.3 is 0 Å². The second-order valence-electron chi connectivity index (χ2n) is 4.20. The average molecular weight is 282 g/mol. The standard InChI is InChI=1S/C14H22N2O4/c1-4-20-13-7-10(5-6-12(13)19-3)8-16-14(17)11(15)9-18-2/h5-7,11H,4,8-9,15H2,1-3H3,(H,16,17). The van der Waals surface area contributed by atoms with E-state index in [4.69, 9.17) is 19.9 Å². The van der Waals surface area contributed by atoms with Gasteiger partial charge in [-0.05, 0) is 24.6 Å². The van der Waals surface area contributed by atoms with Crippen molar-refractivity contribution in [3.05, 3.63) is 23.8 Å². The largest absolute Gasteiger partial charge is 0.493 e. The molecule has 0 fully saturated rings. The Morgan fingerprint density at radius 1 is 1.35 bits per heavy atom. The first kappa shape index (κ1) is 16.3. The SMILES string of the molecule is CCOc1cc(CNC(=O)C(N)COC)ccc1OC. The lowest BCUT2D eigenvalue weighted by Gasteiger charge is -2.13. The molecule has 0 radical (unpaired) electrons. The van der Waals surface area contributed by atoms with Crippen molar-refractivity contribution in [1.82, 2.24) is 5.32 Å². The lowest BCUT2D eigenvalue weighted by molar-refractivity contribution is -0.123. The number of hydrogen-bond acceptors (Lipinski definition) is 5. The van der Waals surface area contributed by atoms with Gasteiger partial charge in [-0.3, -0.25) is 4.79 Å². The van der Waals surface area contributed by atoms with E-state index in [1.165, 1.54) is 7.11 Å². The maximum Gasteiger partial charge on any atom is 0.239 e. The lowest BCUT2D eigenvalue weighted by Crippen LogP contribution is -2.43. The van der Waals surface area contributed by atoms with Crippen molar-refractivity contribution in [2.45, 2.75) is 19.5 Å². The summed E-state index contributed by atoms with van der Waals surface area (Å²) in [6, 6.07) is 4.85. The van der Waals surface area contributed by atoms with Crippen molar-refractivity contribution in [2.75, 3.05) is 27.4 Å². The molecule has 0 aliphatic carbocycles. The molecule has 1 atom stereocenters. The monoisotopic (exact) mass is 282 g/mol. The summed E-state index contributed by atoms with van der Waals surface area (Å²) in [7, 11) is 3.09. The van der Waals surface area contributed by atoms with Gasteiger partial charge in [0.1, 0.15) is 6.04 Å². The summed E-state index contributed by atoms with van der Waals surface area (Å²) in [6.07, 6.45) is 0. The molecule has 6 heteroatoms. The van der Waals surface area contributed by atoms with Crippen LogP contribution < -0.4 is 20.5 Å². The van der Waals surface area contributed by atoms with Gasteiger partial charge in [-0.2, -0.15) is 0 Å². The van der Waals surface area contributed by atoms with Crippen LogP contribution >= 0.6 is 0 Å². The Morgan fingerprint density at radius 2 is 2.10 bits per heavy atom. The molecule has 1 aromatic rings. The Bertz CT molecular complexity index is 437. The average Bonchev–Trinajstić information content (AvgIpc) is 2.45. The molecule has 1 aromatic carbocycles. The van der Waals surface area contributed by atoms with Crippen LogP contribution in [-0.2, 0) is 16.1 Å². The predicted molar refractivity (Wildman–Crippen MR) is 75.9 cm³/mol. The zero-order valence-electron chi connectivity index (χ0n) is 12.1. The number of carbonyl (C=O) groups excluding carboxylic acids is 1. The summed E-state index contributed by atoms with van der Waals surface area (Å²) < 4.78 is 15.5. The summed E-state index contributed by atoms with van der Waals surface area (Å²) >= 11 is 0. The summed E-state index contributed by atoms with van der Waals surface area (Å²) in [5.41, 5.74) is 6.54. The topological polar surface area (TPSA) is 82.8 Å². The lowest BCUT2D eigenvalue weighted by atomic mass is 10.2. The first-order chi connectivity index (χ1) is 9.62. The number of nitrogens with two attached hydrogens (primary N) is 1. The molecule has 1 unspecified atom stereocenters. The van der Waals surface area contributed by atoms with Gasteiger partial charge in [0.15, 0.2) is 11.5 Å². The minimum atomic E-state index is -0.662. The number of ether oxygens (including phenoxy) is 3. The molecule has 0 bridgehead atoms. The highest BCUT2D eigenvalue weighted by molar-refractivity contribution is 5.81. The number of carbonyl (C=O) groups is 1. The number of rotatable bonds is 8. The number of benzene rings is 1. The number of amides is 1. The van der Waals surface area contributed by atoms with E-state index in [0.717, 1.165) is 5.56 Å². The highest BCUT2D eigenvalue weighted by atomic mass is 16.5. The molecule has 112 valence electrons. The smallest absolute Gasteiger partial charge is 0.239 e. The molecule has 0 aliphatic heterocycles. The molecule has 3 N–H and O–H groups in total. The van der Waals surface area contributed by atoms with Crippen LogP contribution in [0.2, 0.25) is 0 Å². The molecule has 1 amide bonds. The van der Waals surface area contributed by atoms with E-state index < -0.39 is 6.04 Å². The van der Waals surface area contributed by atoms with E-state index in [-0.39, 0.29) is 12.5 Å². The molecule has 0 heterocycles. The first-order valence-corrected chi connectivity index (χ1v) is 6.44. The molecule has 0 saturated heterocycles. The van der Waals surface area contributed by atoms with Gasteiger partial charge in [-0.15, -0.1) is 0 Å². The minimum Gasteiger partial charge on any atom is -0.493 e. The van der Waals surface area contributed by atoms with Gasteiger partial charge in [-0.1, -0.05) is 6.07 Å². The molecule has 6 nitrogen and oxygen atoms in total. The van der Waals surface area contributed by atoms with E-state index >= 15 is 0 Å². The van der Waals surface area contributed by atoms with E-state index in [2.05, 4.69) is 5.32 Å². The fourth-order valence-corrected chi connectivity index (χ4v) is 1.67. The van der Waals surface area contributed by atoms with E-state index in [1.54, 1.807) is 7.11 Å². The van der Waals surface area contributed by atoms with Gasteiger partial charge in [-0.25, -0.2) is 0 Å². The van der Waals surface area contributed by atoms with Crippen LogP contribution in [0.4, 0.5) is 0 Å². The molecular weight excluding hydrogens is 260 g/mol. The van der Waals surface area contributed by atoms with E-state index in [0.29, 0.717) is 24.7 Å². The van der Waals surface area contributed by atoms with Crippen molar-refractivity contribution < 1.29 is 19.0 Å². The summed E-state index contributed by atoms with van der Waals surface area (Å²) in [5.74, 6) is 1.07. The Labute approximate surface area is 119 Å². The molecule has 0 spiro atoms. The second-order valence-corrected chi connectivity index (χ2v) is 4.20. The Balaban J connectivity index is 2.64. The van der Waals surface area contributed by atoms with Crippen LogP contribution in [0.15, 0.2) is 18.2 Å². The maximum absolute atomic E-state index is 11.7. The van der Waals surface area contributed by atoms with Gasteiger partial charge in [0.2, 0.25) is 5.91 Å². The first-order valence-electron chi connectivity index (χ1n) is 6.44. The summed E-state index contributed by atoms with van der Waals surface area (Å²) in [5, 5.41) is 2.75. The van der Waals surface area contributed by atoms with Crippen LogP contribution in [0, 0.1) is 0 Å². The van der Waals surface area contributed by atoms with Gasteiger partial charge in [0.05, 0.1) is 20.3 Å². The quantitative estimate of drug-likeness (QED) is 0.733. The number of nitrogens with one attached hydrogen (secondary N) is 1. The highest BCUT2D eigenvalue weighted by Crippen LogP contribution is 2.27. The van der Waals surface area contributed by atoms with Crippen LogP contribution in [0.25, 0.3) is 0 Å².